The van der Waals surface area contributed by atoms with E-state index in [-0.39, 0.29) is 17.4 Å². The minimum atomic E-state index is -0.579. The number of hydrogen-bond acceptors (Lipinski definition) is 4. The molecule has 168 valence electrons. The third kappa shape index (κ3) is 4.50. The molecule has 0 aliphatic rings. The summed E-state index contributed by atoms with van der Waals surface area (Å²) in [6, 6.07) is 16.8. The molecule has 0 unspecified atom stereocenters. The van der Waals surface area contributed by atoms with Crippen molar-refractivity contribution in [2.75, 3.05) is 5.32 Å². The van der Waals surface area contributed by atoms with Gasteiger partial charge in [-0.1, -0.05) is 6.07 Å². The van der Waals surface area contributed by atoms with Gasteiger partial charge in [-0.3, -0.25) is 19.0 Å². The van der Waals surface area contributed by atoms with Gasteiger partial charge < -0.3 is 20.8 Å². The maximum absolute atomic E-state index is 12.9. The Balaban J connectivity index is 1.69. The maximum Gasteiger partial charge on any atom is 0.272 e. The van der Waals surface area contributed by atoms with Crippen molar-refractivity contribution in [3.8, 4) is 11.4 Å². The first-order valence-electron chi connectivity index (χ1n) is 10.5. The Hall–Kier alpha value is -4.33. The molecular formula is C25H24N4O4. The number of aromatic amines is 1. The van der Waals surface area contributed by atoms with Crippen molar-refractivity contribution in [1.29, 1.82) is 0 Å². The van der Waals surface area contributed by atoms with Crippen LogP contribution in [-0.2, 0) is 0 Å². The van der Waals surface area contributed by atoms with E-state index in [2.05, 4.69) is 10.3 Å². The first-order chi connectivity index (χ1) is 15.7. The number of anilines is 1. The van der Waals surface area contributed by atoms with Crippen LogP contribution in [0.3, 0.4) is 0 Å². The van der Waals surface area contributed by atoms with Crippen LogP contribution >= 0.6 is 0 Å². The summed E-state index contributed by atoms with van der Waals surface area (Å²) in [5.41, 5.74) is 8.07. The lowest BCUT2D eigenvalue weighted by Crippen LogP contribution is -2.18. The molecule has 0 aliphatic carbocycles. The van der Waals surface area contributed by atoms with Crippen molar-refractivity contribution in [3.63, 3.8) is 0 Å². The number of primary amides is 1. The lowest BCUT2D eigenvalue weighted by Gasteiger charge is -2.11. The Morgan fingerprint density at radius 3 is 2.42 bits per heavy atom. The summed E-state index contributed by atoms with van der Waals surface area (Å²) in [6.07, 6.45) is 0.0405. The van der Waals surface area contributed by atoms with Gasteiger partial charge in [-0.2, -0.15) is 0 Å². The van der Waals surface area contributed by atoms with Crippen LogP contribution in [-0.4, -0.2) is 27.5 Å². The van der Waals surface area contributed by atoms with Gasteiger partial charge in [-0.05, 0) is 74.9 Å². The number of hydrogen-bond donors (Lipinski definition) is 3. The van der Waals surface area contributed by atoms with Crippen molar-refractivity contribution in [2.45, 2.75) is 26.9 Å². The largest absolute Gasteiger partial charge is 0.491 e. The summed E-state index contributed by atoms with van der Waals surface area (Å²) in [7, 11) is 0. The second-order valence-corrected chi connectivity index (χ2v) is 8.00. The SMILES string of the molecule is Cc1ccc(C(N)=O)cc1NC(=O)c1cc2ccc(=O)n(-c3ccc(OC(C)C)cc3)c2[nH]1. The predicted octanol–water partition coefficient (Wildman–Crippen LogP) is 3.77. The van der Waals surface area contributed by atoms with Gasteiger partial charge in [-0.25, -0.2) is 0 Å². The fourth-order valence-electron chi connectivity index (χ4n) is 3.54. The zero-order valence-electron chi connectivity index (χ0n) is 18.5. The van der Waals surface area contributed by atoms with Gasteiger partial charge in [0.15, 0.2) is 0 Å². The minimum Gasteiger partial charge on any atom is -0.491 e. The molecule has 8 nitrogen and oxygen atoms in total. The fraction of sp³-hybridized carbons (Fsp3) is 0.160. The number of fused-ring (bicyclic) bond motifs is 1. The topological polar surface area (TPSA) is 119 Å². The second kappa shape index (κ2) is 8.66. The first kappa shape index (κ1) is 21.9. The molecule has 0 saturated carbocycles. The first-order valence-corrected chi connectivity index (χ1v) is 10.5. The smallest absolute Gasteiger partial charge is 0.272 e. The number of benzene rings is 2. The fourth-order valence-corrected chi connectivity index (χ4v) is 3.54. The van der Waals surface area contributed by atoms with Crippen LogP contribution in [0, 0.1) is 6.92 Å². The van der Waals surface area contributed by atoms with Gasteiger partial charge in [-0.15, -0.1) is 0 Å². The highest BCUT2D eigenvalue weighted by Gasteiger charge is 2.15. The zero-order chi connectivity index (χ0) is 23.7. The molecule has 0 atom stereocenters. The highest BCUT2D eigenvalue weighted by atomic mass is 16.5. The number of amides is 2. The predicted molar refractivity (Wildman–Crippen MR) is 127 cm³/mol. The number of carbonyl (C=O) groups excluding carboxylic acids is 2. The summed E-state index contributed by atoms with van der Waals surface area (Å²) in [4.78, 5) is 40.1. The molecule has 4 rings (SSSR count). The Kier molecular flexibility index (Phi) is 5.74. The van der Waals surface area contributed by atoms with Gasteiger partial charge in [0, 0.05) is 22.7 Å². The Labute approximate surface area is 190 Å². The van der Waals surface area contributed by atoms with E-state index in [1.807, 2.05) is 20.8 Å². The Morgan fingerprint density at radius 2 is 1.76 bits per heavy atom. The minimum absolute atomic E-state index is 0.0405. The Morgan fingerprint density at radius 1 is 1.03 bits per heavy atom. The molecule has 4 N–H and O–H groups in total. The van der Waals surface area contributed by atoms with Crippen molar-refractivity contribution in [3.05, 3.63) is 87.8 Å². The van der Waals surface area contributed by atoms with Crippen LogP contribution in [0.25, 0.3) is 16.7 Å². The number of nitrogens with two attached hydrogens (primary N) is 1. The average molecular weight is 444 g/mol. The van der Waals surface area contributed by atoms with Gasteiger partial charge in [0.2, 0.25) is 5.91 Å². The number of nitrogens with zero attached hydrogens (tertiary/aromatic N) is 1. The summed E-state index contributed by atoms with van der Waals surface area (Å²) in [5.74, 6) is -0.283. The molecular weight excluding hydrogens is 420 g/mol. The maximum atomic E-state index is 12.9. The van der Waals surface area contributed by atoms with E-state index in [0.717, 1.165) is 5.56 Å². The third-order valence-electron chi connectivity index (χ3n) is 5.16. The molecule has 8 heteroatoms. The average Bonchev–Trinajstić information content (AvgIpc) is 3.20. The molecule has 2 aromatic carbocycles. The van der Waals surface area contributed by atoms with Gasteiger partial charge in [0.25, 0.3) is 11.5 Å². The molecule has 0 fully saturated rings. The lowest BCUT2D eigenvalue weighted by atomic mass is 10.1. The quantitative estimate of drug-likeness (QED) is 0.419. The molecule has 0 saturated heterocycles. The standard InChI is InChI=1S/C25H24N4O4/c1-14(2)33-19-9-7-18(8-10-19)29-22(30)11-6-17-13-21(27-24(17)29)25(32)28-20-12-16(23(26)31)5-4-15(20)3/h4-14,27H,1-3H3,(H2,26,31)(H,28,32). The van der Waals surface area contributed by atoms with Crippen LogP contribution in [0.5, 0.6) is 5.75 Å². The Bertz CT molecular complexity index is 1410. The summed E-state index contributed by atoms with van der Waals surface area (Å²) < 4.78 is 7.17. The zero-order valence-corrected chi connectivity index (χ0v) is 18.5. The lowest BCUT2D eigenvalue weighted by molar-refractivity contribution is 0.0995. The number of aryl methyl sites for hydroxylation is 1. The molecule has 0 bridgehead atoms. The molecule has 0 aliphatic heterocycles. The highest BCUT2D eigenvalue weighted by Crippen LogP contribution is 2.22. The van der Waals surface area contributed by atoms with Crippen molar-refractivity contribution in [2.24, 2.45) is 5.73 Å². The van der Waals surface area contributed by atoms with Crippen LogP contribution in [0.2, 0.25) is 0 Å². The van der Waals surface area contributed by atoms with Crippen molar-refractivity contribution >= 4 is 28.5 Å². The van der Waals surface area contributed by atoms with Crippen LogP contribution in [0.1, 0.15) is 40.3 Å². The van der Waals surface area contributed by atoms with Crippen LogP contribution < -0.4 is 21.3 Å². The van der Waals surface area contributed by atoms with E-state index in [1.165, 1.54) is 16.7 Å². The van der Waals surface area contributed by atoms with E-state index in [9.17, 15) is 14.4 Å². The van der Waals surface area contributed by atoms with E-state index in [4.69, 9.17) is 10.5 Å². The third-order valence-corrected chi connectivity index (χ3v) is 5.16. The van der Waals surface area contributed by atoms with E-state index >= 15 is 0 Å². The van der Waals surface area contributed by atoms with Gasteiger partial charge in [0.05, 0.1) is 11.8 Å². The molecule has 2 aromatic heterocycles. The summed E-state index contributed by atoms with van der Waals surface area (Å²) in [5, 5.41) is 3.50. The van der Waals surface area contributed by atoms with Crippen molar-refractivity contribution in [1.82, 2.24) is 9.55 Å². The van der Waals surface area contributed by atoms with E-state index in [0.29, 0.717) is 33.7 Å². The van der Waals surface area contributed by atoms with Gasteiger partial charge in [0.1, 0.15) is 17.1 Å². The number of aromatic nitrogens is 2. The van der Waals surface area contributed by atoms with E-state index < -0.39 is 11.8 Å². The number of nitrogens with one attached hydrogen (secondary N) is 2. The molecule has 2 amide bonds. The van der Waals surface area contributed by atoms with E-state index in [1.54, 1.807) is 48.5 Å². The van der Waals surface area contributed by atoms with Gasteiger partial charge >= 0.3 is 0 Å². The monoisotopic (exact) mass is 444 g/mol. The number of H-pyrrole nitrogens is 1. The number of rotatable bonds is 6. The summed E-state index contributed by atoms with van der Waals surface area (Å²) in [6.45, 7) is 5.70. The number of ether oxygens (including phenoxy) is 1. The molecule has 0 radical (unpaired) electrons. The molecule has 33 heavy (non-hydrogen) atoms. The second-order valence-electron chi connectivity index (χ2n) is 8.00. The van der Waals surface area contributed by atoms with Crippen LogP contribution in [0.15, 0.2) is 65.5 Å². The highest BCUT2D eigenvalue weighted by molar-refractivity contribution is 6.06. The molecule has 0 spiro atoms. The summed E-state index contributed by atoms with van der Waals surface area (Å²) >= 11 is 0. The van der Waals surface area contributed by atoms with Crippen LogP contribution in [0.4, 0.5) is 5.69 Å². The van der Waals surface area contributed by atoms with Crippen molar-refractivity contribution < 1.29 is 14.3 Å². The number of pyridine rings is 1. The normalized spacial score (nSPS) is 11.0. The molecule has 2 heterocycles. The molecule has 4 aromatic rings. The number of carbonyl (C=O) groups is 2.